The predicted octanol–water partition coefficient (Wildman–Crippen LogP) is 5.81. The Labute approximate surface area is 167 Å². The minimum Gasteiger partial charge on any atom is -0.388 e. The number of Topliss-reactive ketones (excluding diaryl/α,β-unsaturated/α-hetero) is 1. The van der Waals surface area contributed by atoms with Crippen LogP contribution in [0.2, 0.25) is 0 Å². The van der Waals surface area contributed by atoms with Gasteiger partial charge in [-0.15, -0.1) is 0 Å². The van der Waals surface area contributed by atoms with Crippen LogP contribution in [0.1, 0.15) is 80.6 Å². The maximum atomic E-state index is 11.9. The Morgan fingerprint density at radius 1 is 1.15 bits per heavy atom. The topological polar surface area (TPSA) is 41.1 Å². The molecular weight excluding hydrogens is 332 g/mol. The highest BCUT2D eigenvalue weighted by Gasteiger charge is 2.36. The molecule has 0 radical (unpaired) electrons. The molecule has 1 aliphatic carbocycles. The molecule has 0 aromatic carbocycles. The van der Waals surface area contributed by atoms with Crippen LogP contribution in [0.3, 0.4) is 0 Å². The first-order chi connectivity index (χ1) is 12.8. The number of rotatable bonds is 9. The van der Waals surface area contributed by atoms with Crippen molar-refractivity contribution in [2.75, 3.05) is 0 Å². The van der Waals surface area contributed by atoms with Crippen LogP contribution >= 0.6 is 0 Å². The lowest BCUT2D eigenvalue weighted by Gasteiger charge is -2.40. The third kappa shape index (κ3) is 7.04. The third-order valence-corrected chi connectivity index (χ3v) is 5.91. The van der Waals surface area contributed by atoms with Crippen LogP contribution in [-0.2, 0) is 4.79 Å². The van der Waals surface area contributed by atoms with E-state index in [-0.39, 0.29) is 5.54 Å². The van der Waals surface area contributed by atoms with Gasteiger partial charge in [0, 0.05) is 24.6 Å². The van der Waals surface area contributed by atoms with Crippen LogP contribution in [0.15, 0.2) is 47.3 Å². The van der Waals surface area contributed by atoms with Crippen molar-refractivity contribution in [2.24, 2.45) is 5.92 Å². The van der Waals surface area contributed by atoms with E-state index < -0.39 is 0 Å². The molecule has 1 aliphatic rings. The molecule has 1 atom stereocenters. The Morgan fingerprint density at radius 2 is 1.78 bits per heavy atom. The molecule has 0 aromatic heterocycles. The minimum absolute atomic E-state index is 0.163. The second kappa shape index (κ2) is 11.2. The van der Waals surface area contributed by atoms with E-state index in [4.69, 9.17) is 0 Å². The standard InChI is InChI=1S/C24H40N2O/c1-8-10-11-12-23(19(5)9-2)26-24(15-13-22(27)14-16-24)20(6)17-25-21(7)18(3)4/h8,10-12,17-18,21,25-26H,9,13-16H2,1-7H3/b10-8-,12-11-,20-17+,23-19-. The van der Waals surface area contributed by atoms with Gasteiger partial charge in [0.25, 0.3) is 0 Å². The maximum absolute atomic E-state index is 11.9. The van der Waals surface area contributed by atoms with Gasteiger partial charge in [-0.3, -0.25) is 4.79 Å². The fraction of sp³-hybridized carbons (Fsp3) is 0.625. The lowest BCUT2D eigenvalue weighted by molar-refractivity contribution is -0.121. The van der Waals surface area contributed by atoms with Gasteiger partial charge in [0.1, 0.15) is 5.78 Å². The second-order valence-electron chi connectivity index (χ2n) is 8.20. The highest BCUT2D eigenvalue weighted by atomic mass is 16.1. The maximum Gasteiger partial charge on any atom is 0.133 e. The summed E-state index contributed by atoms with van der Waals surface area (Å²) in [5, 5.41) is 7.40. The van der Waals surface area contributed by atoms with Gasteiger partial charge in [0.15, 0.2) is 0 Å². The van der Waals surface area contributed by atoms with Gasteiger partial charge in [0.05, 0.1) is 5.54 Å². The Kier molecular flexibility index (Phi) is 9.62. The van der Waals surface area contributed by atoms with E-state index in [1.165, 1.54) is 16.8 Å². The van der Waals surface area contributed by atoms with E-state index in [1.807, 2.05) is 13.0 Å². The highest BCUT2D eigenvalue weighted by Crippen LogP contribution is 2.34. The molecule has 0 heterocycles. The van der Waals surface area contributed by atoms with Crippen molar-refractivity contribution in [3.8, 4) is 0 Å². The van der Waals surface area contributed by atoms with Crippen LogP contribution in [-0.4, -0.2) is 17.4 Å². The van der Waals surface area contributed by atoms with Gasteiger partial charge in [-0.2, -0.15) is 0 Å². The zero-order valence-electron chi connectivity index (χ0n) is 18.5. The molecule has 1 rings (SSSR count). The SMILES string of the molecule is C\C=C/C=C\C(NC1(/C(C)=C/NC(C)C(C)C)CCC(=O)CC1)=C(/C)CC. The Balaban J connectivity index is 3.18. The smallest absolute Gasteiger partial charge is 0.133 e. The quantitative estimate of drug-likeness (QED) is 0.502. The van der Waals surface area contributed by atoms with Crippen LogP contribution in [0, 0.1) is 5.92 Å². The number of allylic oxidation sites excluding steroid dienone is 5. The Bertz CT molecular complexity index is 598. The number of nitrogens with one attached hydrogen (secondary N) is 2. The summed E-state index contributed by atoms with van der Waals surface area (Å²) in [5.74, 6) is 0.957. The van der Waals surface area contributed by atoms with Crippen LogP contribution in [0.5, 0.6) is 0 Å². The van der Waals surface area contributed by atoms with Gasteiger partial charge in [-0.1, -0.05) is 44.6 Å². The fourth-order valence-corrected chi connectivity index (χ4v) is 3.16. The minimum atomic E-state index is -0.163. The molecule has 1 unspecified atom stereocenters. The number of ketones is 1. The third-order valence-electron chi connectivity index (χ3n) is 5.91. The zero-order valence-corrected chi connectivity index (χ0v) is 18.5. The van der Waals surface area contributed by atoms with E-state index in [9.17, 15) is 4.79 Å². The molecule has 1 saturated carbocycles. The summed E-state index contributed by atoms with van der Waals surface area (Å²) in [7, 11) is 0. The summed E-state index contributed by atoms with van der Waals surface area (Å²) in [6, 6.07) is 0.421. The van der Waals surface area contributed by atoms with E-state index in [0.717, 1.165) is 19.3 Å². The average Bonchev–Trinajstić information content (AvgIpc) is 2.66. The molecule has 3 heteroatoms. The van der Waals surface area contributed by atoms with Crippen LogP contribution in [0.4, 0.5) is 0 Å². The molecule has 0 spiro atoms. The van der Waals surface area contributed by atoms with Crippen molar-refractivity contribution < 1.29 is 4.79 Å². The molecule has 0 aliphatic heterocycles. The number of carbonyl (C=O) groups is 1. The van der Waals surface area contributed by atoms with Crippen molar-refractivity contribution >= 4 is 5.78 Å². The van der Waals surface area contributed by atoms with Crippen molar-refractivity contribution in [3.05, 3.63) is 47.3 Å². The van der Waals surface area contributed by atoms with Gasteiger partial charge < -0.3 is 10.6 Å². The van der Waals surface area contributed by atoms with Crippen LogP contribution < -0.4 is 10.6 Å². The largest absolute Gasteiger partial charge is 0.388 e. The van der Waals surface area contributed by atoms with Gasteiger partial charge in [0.2, 0.25) is 0 Å². The lowest BCUT2D eigenvalue weighted by Crippen LogP contribution is -2.49. The van der Waals surface area contributed by atoms with Crippen molar-refractivity contribution in [1.29, 1.82) is 0 Å². The van der Waals surface area contributed by atoms with Crippen molar-refractivity contribution in [2.45, 2.75) is 92.2 Å². The van der Waals surface area contributed by atoms with Crippen LogP contribution in [0.25, 0.3) is 0 Å². The highest BCUT2D eigenvalue weighted by molar-refractivity contribution is 5.79. The monoisotopic (exact) mass is 372 g/mol. The summed E-state index contributed by atoms with van der Waals surface area (Å²) >= 11 is 0. The molecule has 0 aromatic rings. The summed E-state index contributed by atoms with van der Waals surface area (Å²) in [6.07, 6.45) is 14.5. The number of hydrogen-bond donors (Lipinski definition) is 2. The molecular formula is C24H40N2O. The van der Waals surface area contributed by atoms with Crippen molar-refractivity contribution in [1.82, 2.24) is 10.6 Å². The fourth-order valence-electron chi connectivity index (χ4n) is 3.16. The zero-order chi connectivity index (χ0) is 20.4. The molecule has 3 nitrogen and oxygen atoms in total. The average molecular weight is 373 g/mol. The van der Waals surface area contributed by atoms with Crippen molar-refractivity contribution in [3.63, 3.8) is 0 Å². The van der Waals surface area contributed by atoms with E-state index in [0.29, 0.717) is 30.6 Å². The first-order valence-corrected chi connectivity index (χ1v) is 10.5. The summed E-state index contributed by atoms with van der Waals surface area (Å²) in [4.78, 5) is 11.9. The molecule has 27 heavy (non-hydrogen) atoms. The molecule has 0 amide bonds. The summed E-state index contributed by atoms with van der Waals surface area (Å²) in [6.45, 7) is 15.3. The van der Waals surface area contributed by atoms with E-state index >= 15 is 0 Å². The Morgan fingerprint density at radius 3 is 2.30 bits per heavy atom. The molecule has 152 valence electrons. The van der Waals surface area contributed by atoms with E-state index in [2.05, 4.69) is 76.6 Å². The summed E-state index contributed by atoms with van der Waals surface area (Å²) in [5.41, 5.74) is 3.63. The first kappa shape index (κ1) is 23.3. The van der Waals surface area contributed by atoms with Gasteiger partial charge in [-0.05, 0) is 70.7 Å². The molecule has 0 saturated heterocycles. The second-order valence-corrected chi connectivity index (χ2v) is 8.20. The molecule has 1 fully saturated rings. The molecule has 0 bridgehead atoms. The number of carbonyl (C=O) groups excluding carboxylic acids is 1. The normalized spacial score (nSPS) is 20.3. The van der Waals surface area contributed by atoms with Gasteiger partial charge >= 0.3 is 0 Å². The first-order valence-electron chi connectivity index (χ1n) is 10.5. The predicted molar refractivity (Wildman–Crippen MR) is 117 cm³/mol. The number of hydrogen-bond acceptors (Lipinski definition) is 3. The molecule has 2 N–H and O–H groups in total. The van der Waals surface area contributed by atoms with Gasteiger partial charge in [-0.25, -0.2) is 0 Å². The lowest BCUT2D eigenvalue weighted by atomic mass is 9.76. The summed E-state index contributed by atoms with van der Waals surface area (Å²) < 4.78 is 0. The Hall–Kier alpha value is -1.77. The van der Waals surface area contributed by atoms with E-state index in [1.54, 1.807) is 0 Å².